The van der Waals surface area contributed by atoms with Crippen molar-refractivity contribution in [3.8, 4) is 0 Å². The molecule has 0 amide bonds. The standard InChI is InChI=1S/Al.Ca.La.Mn.O.5H. The first-order valence-corrected chi connectivity index (χ1v) is 0.636. The molecular formula is H5AlCaLaMnO. The van der Waals surface area contributed by atoms with E-state index in [1.54, 1.807) is 15.9 Å². The van der Waals surface area contributed by atoms with E-state index in [2.05, 4.69) is 0 Å². The van der Waals surface area contributed by atoms with E-state index in [-0.39, 0.29) is 90.7 Å². The van der Waals surface area contributed by atoms with E-state index in [4.69, 9.17) is 3.83 Å². The molecule has 0 atom stereocenters. The van der Waals surface area contributed by atoms with E-state index in [0.29, 0.717) is 0 Å². The third-order valence-corrected chi connectivity index (χ3v) is 0. The summed E-state index contributed by atoms with van der Waals surface area (Å²) >= 11 is 1.69. The average molecular weight is 282 g/mol. The normalized spacial score (nSPS) is 0.800. The van der Waals surface area contributed by atoms with Crippen LogP contribution in [0.25, 0.3) is 0 Å². The summed E-state index contributed by atoms with van der Waals surface area (Å²) in [7, 11) is 0. The Labute approximate surface area is 108 Å². The molecule has 1 radical (unpaired) electrons. The van der Waals surface area contributed by atoms with Gasteiger partial charge in [0.1, 0.15) is 0 Å². The molecule has 0 aliphatic heterocycles. The molecule has 1 nitrogen and oxygen atoms in total. The molecule has 5 heavy (non-hydrogen) atoms. The summed E-state index contributed by atoms with van der Waals surface area (Å²) in [6, 6.07) is 0. The Morgan fingerprint density at radius 3 is 1.20 bits per heavy atom. The molecule has 0 fully saturated rings. The van der Waals surface area contributed by atoms with Crippen molar-refractivity contribution in [3.63, 3.8) is 0 Å². The zero-order valence-corrected chi connectivity index (χ0v) is 6.17. The molecule has 0 saturated carbocycles. The molecule has 26 valence electrons. The number of hydrogen-bond donors (Lipinski definition) is 0. The van der Waals surface area contributed by atoms with Crippen molar-refractivity contribution < 1.29 is 55.4 Å². The Morgan fingerprint density at radius 2 is 1.20 bits per heavy atom. The molecule has 0 aromatic rings. The second-order valence-electron chi connectivity index (χ2n) is 0. The van der Waals surface area contributed by atoms with Gasteiger partial charge in [0.2, 0.25) is 0 Å². The summed E-state index contributed by atoms with van der Waals surface area (Å²) in [5.41, 5.74) is 0. The van der Waals surface area contributed by atoms with Crippen LogP contribution in [0, 0.1) is 35.6 Å². The van der Waals surface area contributed by atoms with Gasteiger partial charge in [0, 0.05) is 35.6 Å². The maximum absolute atomic E-state index is 8.06. The van der Waals surface area contributed by atoms with Crippen LogP contribution < -0.4 is 0 Å². The van der Waals surface area contributed by atoms with Gasteiger partial charge in [0.15, 0.2) is 17.4 Å². The van der Waals surface area contributed by atoms with Gasteiger partial charge in [-0.25, -0.2) is 0 Å². The summed E-state index contributed by atoms with van der Waals surface area (Å²) in [6.07, 6.45) is 0. The molecule has 0 aliphatic rings. The third-order valence-electron chi connectivity index (χ3n) is 0. The van der Waals surface area contributed by atoms with Gasteiger partial charge in [-0.15, -0.1) is 0 Å². The van der Waals surface area contributed by atoms with Gasteiger partial charge in [-0.3, -0.25) is 0 Å². The Hall–Kier alpha value is 3.31. The minimum atomic E-state index is 0. The molecule has 0 aliphatic carbocycles. The van der Waals surface area contributed by atoms with Crippen molar-refractivity contribution in [3.05, 3.63) is 0 Å². The fourth-order valence-corrected chi connectivity index (χ4v) is 0. The summed E-state index contributed by atoms with van der Waals surface area (Å²) in [5.74, 6) is 0. The van der Waals surface area contributed by atoms with Crippen molar-refractivity contribution in [1.29, 1.82) is 0 Å². The fourth-order valence-electron chi connectivity index (χ4n) is 0. The molecule has 0 aromatic heterocycles. The summed E-state index contributed by atoms with van der Waals surface area (Å²) < 4.78 is 8.06. The average Bonchev–Trinajstić information content (AvgIpc) is 1.00. The Bertz CT molecular complexity index is 11.6. The fraction of sp³-hybridized carbons (Fsp3) is 0. The second-order valence-corrected chi connectivity index (χ2v) is 0. The van der Waals surface area contributed by atoms with Gasteiger partial charge in [-0.1, -0.05) is 0 Å². The van der Waals surface area contributed by atoms with Gasteiger partial charge in [-0.2, -0.15) is 0 Å². The van der Waals surface area contributed by atoms with Gasteiger partial charge < -0.3 is 0 Å². The van der Waals surface area contributed by atoms with Crippen LogP contribution in [0.15, 0.2) is 0 Å². The molecule has 5 heteroatoms. The first-order chi connectivity index (χ1) is 1.00. The minimum absolute atomic E-state index is 0. The summed E-state index contributed by atoms with van der Waals surface area (Å²) in [4.78, 5) is 0. The molecule has 0 saturated heterocycles. The molecule has 0 aromatic carbocycles. The Balaban J connectivity index is -0.00000000167. The molecule has 0 heterocycles. The van der Waals surface area contributed by atoms with Crippen LogP contribution in [-0.2, 0) is 19.8 Å². The first kappa shape index (κ1) is 23.9. The van der Waals surface area contributed by atoms with E-state index >= 15 is 0 Å². The van der Waals surface area contributed by atoms with Crippen LogP contribution in [-0.4, -0.2) is 55.1 Å². The molecule has 0 rings (SSSR count). The summed E-state index contributed by atoms with van der Waals surface area (Å²) in [6.45, 7) is 0. The van der Waals surface area contributed by atoms with Crippen molar-refractivity contribution in [2.24, 2.45) is 0 Å². The van der Waals surface area contributed by atoms with Gasteiger partial charge >= 0.3 is 57.5 Å². The quantitative estimate of drug-likeness (QED) is 0.460. The van der Waals surface area contributed by atoms with E-state index in [1.165, 1.54) is 0 Å². The monoisotopic (exact) mass is 282 g/mol. The van der Waals surface area contributed by atoms with E-state index in [1.807, 2.05) is 0 Å². The van der Waals surface area contributed by atoms with Crippen LogP contribution in [0.1, 0.15) is 0 Å². The zero-order chi connectivity index (χ0) is 2.00. The van der Waals surface area contributed by atoms with Crippen molar-refractivity contribution in [2.75, 3.05) is 0 Å². The van der Waals surface area contributed by atoms with Crippen LogP contribution in [0.3, 0.4) is 0 Å². The van der Waals surface area contributed by atoms with E-state index in [0.717, 1.165) is 0 Å². The Morgan fingerprint density at radius 1 is 1.20 bits per heavy atom. The Kier molecular flexibility index (Phi) is 127. The van der Waals surface area contributed by atoms with Gasteiger partial charge in [-0.05, 0) is 0 Å². The van der Waals surface area contributed by atoms with Gasteiger partial charge in [0.05, 0.1) is 0 Å². The van der Waals surface area contributed by atoms with Crippen LogP contribution >= 0.6 is 0 Å². The topological polar surface area (TPSA) is 17.1 Å². The molecule has 0 bridgehead atoms. The predicted molar refractivity (Wildman–Crippen MR) is 19.2 cm³/mol. The first-order valence-electron chi connectivity index (χ1n) is 0.154. The van der Waals surface area contributed by atoms with Crippen LogP contribution in [0.5, 0.6) is 0 Å². The summed E-state index contributed by atoms with van der Waals surface area (Å²) in [5, 5.41) is 0. The third kappa shape index (κ3) is 18.8. The SMILES string of the molecule is [AlH3].[CaH2].[La].[O]=[Mn]. The van der Waals surface area contributed by atoms with Crippen LogP contribution in [0.4, 0.5) is 0 Å². The molecule has 0 N–H and O–H groups in total. The van der Waals surface area contributed by atoms with E-state index in [9.17, 15) is 0 Å². The molecule has 0 unspecified atom stereocenters. The molecular weight excluding hydrogens is 277 g/mol. The van der Waals surface area contributed by atoms with E-state index < -0.39 is 0 Å². The van der Waals surface area contributed by atoms with Crippen molar-refractivity contribution >= 4 is 55.1 Å². The predicted octanol–water partition coefficient (Wildman–Crippen LogP) is -2.22. The van der Waals surface area contributed by atoms with Crippen LogP contribution in [0.2, 0.25) is 0 Å². The van der Waals surface area contributed by atoms with Gasteiger partial charge in [0.25, 0.3) is 0 Å². The van der Waals surface area contributed by atoms with Crippen molar-refractivity contribution in [2.45, 2.75) is 0 Å². The number of rotatable bonds is 0. The zero-order valence-electron chi connectivity index (χ0n) is 1.36. The molecule has 0 spiro atoms. The second kappa shape index (κ2) is 26.6. The van der Waals surface area contributed by atoms with Crippen molar-refractivity contribution in [1.82, 2.24) is 0 Å². The number of hydrogen-bond acceptors (Lipinski definition) is 1. The maximum atomic E-state index is 8.06.